The molecule has 0 saturated heterocycles. The van der Waals surface area contributed by atoms with Crippen molar-refractivity contribution in [2.75, 3.05) is 26.0 Å². The number of para-hydroxylation sites is 1. The molecule has 0 aliphatic rings. The van der Waals surface area contributed by atoms with Crippen molar-refractivity contribution in [1.82, 2.24) is 9.47 Å². The number of carbonyl (C=O) groups is 1. The number of aryl methyl sites for hydroxylation is 1. The summed E-state index contributed by atoms with van der Waals surface area (Å²) in [7, 11) is 5.83. The van der Waals surface area contributed by atoms with Gasteiger partial charge in [-0.3, -0.25) is 4.79 Å². The third-order valence-electron chi connectivity index (χ3n) is 3.66. The Morgan fingerprint density at radius 1 is 1.10 bits per heavy atom. The Balaban J connectivity index is 2.04. The molecule has 1 N–H and O–H groups in total. The summed E-state index contributed by atoms with van der Waals surface area (Å²) in [6.07, 6.45) is 0. The van der Waals surface area contributed by atoms with E-state index in [0.717, 1.165) is 11.1 Å². The fourth-order valence-corrected chi connectivity index (χ4v) is 2.73. The van der Waals surface area contributed by atoms with Gasteiger partial charge in [-0.15, -0.1) is 0 Å². The van der Waals surface area contributed by atoms with E-state index < -0.39 is 0 Å². The minimum absolute atomic E-state index is 0.000383. The predicted molar refractivity (Wildman–Crippen MR) is 87.6 cm³/mol. The summed E-state index contributed by atoms with van der Waals surface area (Å²) in [4.78, 5) is 13.7. The number of fused-ring (bicyclic) bond motifs is 3. The highest BCUT2D eigenvalue weighted by Crippen LogP contribution is 2.29. The number of rotatable bonds is 3. The zero-order chi connectivity index (χ0) is 15.0. The summed E-state index contributed by atoms with van der Waals surface area (Å²) in [5.74, 6) is -0.000383. The molecule has 4 nitrogen and oxygen atoms in total. The average molecular weight is 281 g/mol. The predicted octanol–water partition coefficient (Wildman–Crippen LogP) is 2.83. The van der Waals surface area contributed by atoms with Gasteiger partial charge in [-0.05, 0) is 38.4 Å². The van der Waals surface area contributed by atoms with Gasteiger partial charge in [0.25, 0.3) is 0 Å². The number of hydrogen-bond donors (Lipinski definition) is 1. The van der Waals surface area contributed by atoms with E-state index in [1.165, 1.54) is 16.4 Å². The Kier molecular flexibility index (Phi) is 3.39. The van der Waals surface area contributed by atoms with Crippen molar-refractivity contribution in [3.05, 3.63) is 42.5 Å². The summed E-state index contributed by atoms with van der Waals surface area (Å²) in [5.41, 5.74) is 3.21. The Labute approximate surface area is 124 Å². The van der Waals surface area contributed by atoms with Crippen molar-refractivity contribution in [2.45, 2.75) is 0 Å². The third-order valence-corrected chi connectivity index (χ3v) is 3.66. The molecule has 0 aliphatic carbocycles. The van der Waals surface area contributed by atoms with Gasteiger partial charge in [0.2, 0.25) is 5.91 Å². The summed E-state index contributed by atoms with van der Waals surface area (Å²) >= 11 is 0. The first-order valence-corrected chi connectivity index (χ1v) is 6.98. The number of benzene rings is 2. The quantitative estimate of drug-likeness (QED) is 0.801. The molecular weight excluding hydrogens is 262 g/mol. The molecule has 0 atom stereocenters. The first-order valence-electron chi connectivity index (χ1n) is 6.98. The van der Waals surface area contributed by atoms with Crippen LogP contribution in [0.25, 0.3) is 21.8 Å². The number of likely N-dealkylation sites (N-methyl/N-ethyl adjacent to an activating group) is 1. The van der Waals surface area contributed by atoms with Gasteiger partial charge in [0, 0.05) is 34.5 Å². The van der Waals surface area contributed by atoms with E-state index >= 15 is 0 Å². The van der Waals surface area contributed by atoms with E-state index in [1.54, 1.807) is 0 Å². The maximum absolute atomic E-state index is 11.9. The van der Waals surface area contributed by atoms with Gasteiger partial charge in [0.1, 0.15) is 0 Å². The van der Waals surface area contributed by atoms with Crippen molar-refractivity contribution >= 4 is 33.4 Å². The van der Waals surface area contributed by atoms with Gasteiger partial charge >= 0.3 is 0 Å². The molecule has 1 amide bonds. The number of nitrogens with zero attached hydrogens (tertiary/aromatic N) is 2. The fourth-order valence-electron chi connectivity index (χ4n) is 2.73. The smallest absolute Gasteiger partial charge is 0.238 e. The van der Waals surface area contributed by atoms with E-state index in [1.807, 2.05) is 43.3 Å². The molecule has 3 aromatic rings. The van der Waals surface area contributed by atoms with Gasteiger partial charge in [-0.25, -0.2) is 0 Å². The van der Waals surface area contributed by atoms with Crippen molar-refractivity contribution in [3.63, 3.8) is 0 Å². The van der Waals surface area contributed by atoms with E-state index in [-0.39, 0.29) is 5.91 Å². The van der Waals surface area contributed by atoms with Gasteiger partial charge in [0.15, 0.2) is 0 Å². The minimum Gasteiger partial charge on any atom is -0.344 e. The van der Waals surface area contributed by atoms with Crippen LogP contribution < -0.4 is 5.32 Å². The summed E-state index contributed by atoms with van der Waals surface area (Å²) in [5, 5.41) is 5.32. The van der Waals surface area contributed by atoms with Gasteiger partial charge in [-0.2, -0.15) is 0 Å². The second-order valence-corrected chi connectivity index (χ2v) is 5.59. The van der Waals surface area contributed by atoms with Crippen LogP contribution in [-0.2, 0) is 11.8 Å². The van der Waals surface area contributed by atoms with Crippen LogP contribution in [0.15, 0.2) is 42.5 Å². The highest BCUT2D eigenvalue weighted by atomic mass is 16.2. The van der Waals surface area contributed by atoms with Gasteiger partial charge < -0.3 is 14.8 Å². The van der Waals surface area contributed by atoms with Crippen LogP contribution in [0.2, 0.25) is 0 Å². The lowest BCUT2D eigenvalue weighted by molar-refractivity contribution is -0.116. The summed E-state index contributed by atoms with van der Waals surface area (Å²) in [6.45, 7) is 0.383. The highest BCUT2D eigenvalue weighted by molar-refractivity contribution is 6.09. The van der Waals surface area contributed by atoms with Crippen LogP contribution in [0.5, 0.6) is 0 Å². The molecule has 1 heterocycles. The maximum Gasteiger partial charge on any atom is 0.238 e. The topological polar surface area (TPSA) is 37.3 Å². The lowest BCUT2D eigenvalue weighted by atomic mass is 10.1. The number of carbonyl (C=O) groups excluding carboxylic acids is 1. The second-order valence-electron chi connectivity index (χ2n) is 5.59. The van der Waals surface area contributed by atoms with Crippen molar-refractivity contribution < 1.29 is 4.79 Å². The van der Waals surface area contributed by atoms with Crippen molar-refractivity contribution in [3.8, 4) is 0 Å². The molecule has 0 fully saturated rings. The van der Waals surface area contributed by atoms with Crippen LogP contribution in [-0.4, -0.2) is 36.0 Å². The van der Waals surface area contributed by atoms with Gasteiger partial charge in [0.05, 0.1) is 6.54 Å². The Morgan fingerprint density at radius 3 is 2.57 bits per heavy atom. The third kappa shape index (κ3) is 2.50. The standard InChI is InChI=1S/C17H19N3O/c1-19(2)11-17(21)18-12-8-9-16-14(10-12)13-6-4-5-7-15(13)20(16)3/h4-10H,11H2,1-3H3,(H,18,21). The minimum atomic E-state index is -0.000383. The van der Waals surface area contributed by atoms with E-state index in [9.17, 15) is 4.79 Å². The lowest BCUT2D eigenvalue weighted by Crippen LogP contribution is -2.27. The molecular formula is C17H19N3O. The Hall–Kier alpha value is -2.33. The van der Waals surface area contributed by atoms with Crippen molar-refractivity contribution in [2.24, 2.45) is 7.05 Å². The van der Waals surface area contributed by atoms with Crippen LogP contribution >= 0.6 is 0 Å². The normalized spacial score (nSPS) is 11.4. The number of amides is 1. The molecule has 0 radical (unpaired) electrons. The summed E-state index contributed by atoms with van der Waals surface area (Å²) < 4.78 is 2.18. The molecule has 0 bridgehead atoms. The Bertz CT molecular complexity index is 817. The largest absolute Gasteiger partial charge is 0.344 e. The first-order chi connectivity index (χ1) is 10.1. The average Bonchev–Trinajstić information content (AvgIpc) is 2.72. The zero-order valence-corrected chi connectivity index (χ0v) is 12.6. The Morgan fingerprint density at radius 2 is 1.81 bits per heavy atom. The fraction of sp³-hybridized carbons (Fsp3) is 0.235. The molecule has 1 aromatic heterocycles. The van der Waals surface area contributed by atoms with Crippen LogP contribution in [0.3, 0.4) is 0 Å². The molecule has 0 aliphatic heterocycles. The SMILES string of the molecule is CN(C)CC(=O)Nc1ccc2c(c1)c1ccccc1n2C. The van der Waals surface area contributed by atoms with Crippen LogP contribution in [0.1, 0.15) is 0 Å². The number of nitrogens with one attached hydrogen (secondary N) is 1. The molecule has 3 rings (SSSR count). The van der Waals surface area contributed by atoms with Crippen LogP contribution in [0.4, 0.5) is 5.69 Å². The van der Waals surface area contributed by atoms with E-state index in [2.05, 4.69) is 35.1 Å². The van der Waals surface area contributed by atoms with Crippen LogP contribution in [0, 0.1) is 0 Å². The maximum atomic E-state index is 11.9. The monoisotopic (exact) mass is 281 g/mol. The molecule has 108 valence electrons. The lowest BCUT2D eigenvalue weighted by Gasteiger charge is -2.10. The molecule has 0 spiro atoms. The second kappa shape index (κ2) is 5.22. The molecule has 0 unspecified atom stereocenters. The zero-order valence-electron chi connectivity index (χ0n) is 12.6. The number of anilines is 1. The number of hydrogen-bond acceptors (Lipinski definition) is 2. The van der Waals surface area contributed by atoms with Crippen molar-refractivity contribution in [1.29, 1.82) is 0 Å². The summed E-state index contributed by atoms with van der Waals surface area (Å²) in [6, 6.07) is 14.4. The highest BCUT2D eigenvalue weighted by Gasteiger charge is 2.09. The molecule has 21 heavy (non-hydrogen) atoms. The van der Waals surface area contributed by atoms with Gasteiger partial charge in [-0.1, -0.05) is 18.2 Å². The molecule has 0 saturated carbocycles. The molecule has 2 aromatic carbocycles. The number of aromatic nitrogens is 1. The van der Waals surface area contributed by atoms with E-state index in [0.29, 0.717) is 6.54 Å². The first kappa shape index (κ1) is 13.6. The molecule has 4 heteroatoms. The van der Waals surface area contributed by atoms with E-state index in [4.69, 9.17) is 0 Å².